The third-order valence-corrected chi connectivity index (χ3v) is 6.71. The van der Waals surface area contributed by atoms with Gasteiger partial charge in [0.2, 0.25) is 17.8 Å². The minimum absolute atomic E-state index is 0.0331. The summed E-state index contributed by atoms with van der Waals surface area (Å²) in [6.07, 6.45) is 1.56. The molecule has 2 aromatic rings. The van der Waals surface area contributed by atoms with Gasteiger partial charge in [-0.2, -0.15) is 15.0 Å². The van der Waals surface area contributed by atoms with Gasteiger partial charge in [0.25, 0.3) is 0 Å². The fourth-order valence-electron chi connectivity index (χ4n) is 5.16. The predicted molar refractivity (Wildman–Crippen MR) is 138 cm³/mol. The number of benzene rings is 1. The Labute approximate surface area is 206 Å². The maximum Gasteiger partial charge on any atom is 0.233 e. The van der Waals surface area contributed by atoms with Crippen molar-refractivity contribution in [3.63, 3.8) is 0 Å². The third-order valence-electron chi connectivity index (χ3n) is 6.71. The Kier molecular flexibility index (Phi) is 7.16. The number of piperidine rings is 2. The van der Waals surface area contributed by atoms with E-state index in [2.05, 4.69) is 16.3 Å². The molecule has 3 aliphatic rings. The van der Waals surface area contributed by atoms with Crippen LogP contribution in [-0.4, -0.2) is 91.6 Å². The Hall–Kier alpha value is -2.77. The lowest BCUT2D eigenvalue weighted by molar-refractivity contribution is 0.123. The van der Waals surface area contributed by atoms with E-state index in [1.165, 1.54) is 0 Å². The van der Waals surface area contributed by atoms with Gasteiger partial charge in [0.15, 0.2) is 0 Å². The molecule has 3 fully saturated rings. The Balaban J connectivity index is 1.48. The summed E-state index contributed by atoms with van der Waals surface area (Å²) in [6.45, 7) is 5.64. The molecule has 9 N–H and O–H groups in total. The molecule has 12 heteroatoms. The normalized spacial score (nSPS) is 27.7. The molecule has 35 heavy (non-hydrogen) atoms. The number of morpholine rings is 1. The molecule has 12 nitrogen and oxygen atoms in total. The summed E-state index contributed by atoms with van der Waals surface area (Å²) in [5, 5.41) is 3.45. The Morgan fingerprint density at radius 2 is 1.23 bits per heavy atom. The van der Waals surface area contributed by atoms with Gasteiger partial charge in [0.1, 0.15) is 0 Å². The standard InChI is InChI=1S/C23H37N11O/c24-15-9-16(25)12-33(11-15)22-29-21(30-23(31-22)34-13-17(26)10-18(27)14-34)28-19-3-1-2-4-20(19)32-5-7-35-8-6-32/h1-4,15-18H,5-14,24-27H2,(H,28,29,30,31)/t15-,16+,17-,18+. The molecule has 4 heterocycles. The van der Waals surface area contributed by atoms with E-state index < -0.39 is 0 Å². The highest BCUT2D eigenvalue weighted by Crippen LogP contribution is 2.30. The molecule has 0 unspecified atom stereocenters. The van der Waals surface area contributed by atoms with E-state index in [0.29, 0.717) is 57.2 Å². The first-order chi connectivity index (χ1) is 16.9. The van der Waals surface area contributed by atoms with Crippen LogP contribution in [0, 0.1) is 0 Å². The maximum absolute atomic E-state index is 6.27. The van der Waals surface area contributed by atoms with Crippen molar-refractivity contribution in [3.8, 4) is 0 Å². The number of ether oxygens (including phenoxy) is 1. The monoisotopic (exact) mass is 483 g/mol. The SMILES string of the molecule is N[C@@H]1C[C@H](N)CN(c2nc(Nc3ccccc3N3CCOCC3)nc(N3C[C@H](N)C[C@H](N)C3)n2)C1. The van der Waals surface area contributed by atoms with Gasteiger partial charge in [-0.1, -0.05) is 12.1 Å². The number of hydrogen-bond donors (Lipinski definition) is 5. The maximum atomic E-state index is 6.27. The van der Waals surface area contributed by atoms with Crippen molar-refractivity contribution in [1.82, 2.24) is 15.0 Å². The molecule has 3 saturated heterocycles. The highest BCUT2D eigenvalue weighted by molar-refractivity contribution is 5.74. The number of aromatic nitrogens is 3. The average Bonchev–Trinajstić information content (AvgIpc) is 2.83. The quantitative estimate of drug-likeness (QED) is 0.358. The minimum Gasteiger partial charge on any atom is -0.378 e. The van der Waals surface area contributed by atoms with Gasteiger partial charge in [-0.3, -0.25) is 0 Å². The van der Waals surface area contributed by atoms with Crippen molar-refractivity contribution in [3.05, 3.63) is 24.3 Å². The number of nitrogens with one attached hydrogen (secondary N) is 1. The smallest absolute Gasteiger partial charge is 0.233 e. The molecular formula is C23H37N11O. The lowest BCUT2D eigenvalue weighted by Gasteiger charge is -2.37. The summed E-state index contributed by atoms with van der Waals surface area (Å²) in [4.78, 5) is 20.8. The fourth-order valence-corrected chi connectivity index (χ4v) is 5.16. The summed E-state index contributed by atoms with van der Waals surface area (Å²) in [6, 6.07) is 8.04. The van der Waals surface area contributed by atoms with Crippen LogP contribution in [0.4, 0.5) is 29.2 Å². The second-order valence-electron chi connectivity index (χ2n) is 9.82. The van der Waals surface area contributed by atoms with Crippen LogP contribution in [0.3, 0.4) is 0 Å². The molecular weight excluding hydrogens is 446 g/mol. The summed E-state index contributed by atoms with van der Waals surface area (Å²) in [5.41, 5.74) is 27.1. The highest BCUT2D eigenvalue weighted by Gasteiger charge is 2.29. The van der Waals surface area contributed by atoms with Crippen LogP contribution in [-0.2, 0) is 4.74 Å². The topological polar surface area (TPSA) is 174 Å². The first-order valence-corrected chi connectivity index (χ1v) is 12.4. The summed E-state index contributed by atoms with van der Waals surface area (Å²) in [5.74, 6) is 1.57. The zero-order valence-corrected chi connectivity index (χ0v) is 20.1. The number of rotatable bonds is 5. The van der Waals surface area contributed by atoms with Crippen LogP contribution in [0.25, 0.3) is 0 Å². The van der Waals surface area contributed by atoms with E-state index in [1.54, 1.807) is 0 Å². The second-order valence-corrected chi connectivity index (χ2v) is 9.82. The van der Waals surface area contributed by atoms with Crippen LogP contribution in [0.2, 0.25) is 0 Å². The molecule has 0 spiro atoms. The molecule has 5 rings (SSSR count). The van der Waals surface area contributed by atoms with Gasteiger partial charge in [0.05, 0.1) is 24.6 Å². The Morgan fingerprint density at radius 1 is 0.714 bits per heavy atom. The van der Waals surface area contributed by atoms with Crippen LogP contribution in [0.1, 0.15) is 12.8 Å². The number of nitrogens with two attached hydrogens (primary N) is 4. The first-order valence-electron chi connectivity index (χ1n) is 12.4. The fraction of sp³-hybridized carbons (Fsp3) is 0.609. The van der Waals surface area contributed by atoms with E-state index >= 15 is 0 Å². The van der Waals surface area contributed by atoms with Crippen LogP contribution < -0.4 is 43.0 Å². The molecule has 3 aliphatic heterocycles. The lowest BCUT2D eigenvalue weighted by atomic mass is 10.0. The van der Waals surface area contributed by atoms with Gasteiger partial charge in [0, 0.05) is 63.4 Å². The lowest BCUT2D eigenvalue weighted by Crippen LogP contribution is -2.54. The molecule has 0 amide bonds. The van der Waals surface area contributed by atoms with E-state index in [-0.39, 0.29) is 24.2 Å². The van der Waals surface area contributed by atoms with Crippen molar-refractivity contribution in [2.24, 2.45) is 22.9 Å². The Bertz CT molecular complexity index is 937. The largest absolute Gasteiger partial charge is 0.378 e. The highest BCUT2D eigenvalue weighted by atomic mass is 16.5. The molecule has 190 valence electrons. The summed E-state index contributed by atoms with van der Waals surface area (Å²) >= 11 is 0. The summed E-state index contributed by atoms with van der Waals surface area (Å²) in [7, 11) is 0. The number of anilines is 5. The van der Waals surface area contributed by atoms with Gasteiger partial charge >= 0.3 is 0 Å². The van der Waals surface area contributed by atoms with Crippen molar-refractivity contribution in [2.45, 2.75) is 37.0 Å². The van der Waals surface area contributed by atoms with E-state index in [1.807, 2.05) is 28.0 Å². The van der Waals surface area contributed by atoms with Gasteiger partial charge in [-0.25, -0.2) is 0 Å². The van der Waals surface area contributed by atoms with E-state index in [0.717, 1.165) is 37.3 Å². The molecule has 0 aliphatic carbocycles. The zero-order chi connectivity index (χ0) is 24.4. The van der Waals surface area contributed by atoms with Crippen molar-refractivity contribution >= 4 is 29.2 Å². The van der Waals surface area contributed by atoms with E-state index in [9.17, 15) is 0 Å². The van der Waals surface area contributed by atoms with Crippen LogP contribution >= 0.6 is 0 Å². The number of hydrogen-bond acceptors (Lipinski definition) is 12. The van der Waals surface area contributed by atoms with Gasteiger partial charge < -0.3 is 47.7 Å². The predicted octanol–water partition coefficient (Wildman–Crippen LogP) is -0.819. The van der Waals surface area contributed by atoms with Crippen LogP contribution in [0.5, 0.6) is 0 Å². The number of para-hydroxylation sites is 2. The Morgan fingerprint density at radius 3 is 1.77 bits per heavy atom. The minimum atomic E-state index is -0.0331. The summed E-state index contributed by atoms with van der Waals surface area (Å²) < 4.78 is 5.53. The number of nitrogens with zero attached hydrogens (tertiary/aromatic N) is 6. The third kappa shape index (κ3) is 5.73. The second kappa shape index (κ2) is 10.5. The molecule has 0 saturated carbocycles. The molecule has 0 bridgehead atoms. The van der Waals surface area contributed by atoms with Crippen molar-refractivity contribution in [1.29, 1.82) is 0 Å². The van der Waals surface area contributed by atoms with Gasteiger partial charge in [-0.05, 0) is 25.0 Å². The molecule has 4 atom stereocenters. The van der Waals surface area contributed by atoms with Gasteiger partial charge in [-0.15, -0.1) is 0 Å². The van der Waals surface area contributed by atoms with Crippen LogP contribution in [0.15, 0.2) is 24.3 Å². The molecule has 0 radical (unpaired) electrons. The van der Waals surface area contributed by atoms with Crippen molar-refractivity contribution < 1.29 is 4.74 Å². The average molecular weight is 484 g/mol. The molecule has 1 aromatic carbocycles. The first kappa shape index (κ1) is 23.9. The molecule has 1 aromatic heterocycles. The van der Waals surface area contributed by atoms with Crippen molar-refractivity contribution in [2.75, 3.05) is 72.5 Å². The van der Waals surface area contributed by atoms with E-state index in [4.69, 9.17) is 42.6 Å². The zero-order valence-electron chi connectivity index (χ0n) is 20.1.